The third kappa shape index (κ3) is 2.23. The van der Waals surface area contributed by atoms with E-state index in [1.54, 1.807) is 24.3 Å². The first kappa shape index (κ1) is 11.9. The largest absolute Gasteiger partial charge is 0.496 e. The number of hydrogen-bond acceptors (Lipinski definition) is 2. The number of nitrogens with zero attached hydrogens (tertiary/aromatic N) is 1. The standard InChI is InChI=1S/C15H11NO2/c1-16-14-6-3-11(4-7-14)12-5-8-15(18-2)13(9-12)10-17/h3-10H,2H3. The molecule has 0 fully saturated rings. The highest BCUT2D eigenvalue weighted by atomic mass is 16.5. The molecule has 2 rings (SSSR count). The quantitative estimate of drug-likeness (QED) is 0.601. The molecule has 2 aromatic rings. The van der Waals surface area contributed by atoms with E-state index in [9.17, 15) is 4.79 Å². The van der Waals surface area contributed by atoms with Crippen molar-refractivity contribution in [1.82, 2.24) is 0 Å². The molecule has 0 aliphatic rings. The summed E-state index contributed by atoms with van der Waals surface area (Å²) in [6.07, 6.45) is 0.774. The average molecular weight is 237 g/mol. The Bertz CT molecular complexity index is 609. The lowest BCUT2D eigenvalue weighted by Crippen LogP contribution is -1.90. The minimum atomic E-state index is 0.518. The fraction of sp³-hybridized carbons (Fsp3) is 0.0667. The summed E-state index contributed by atoms with van der Waals surface area (Å²) in [5.41, 5.74) is 3.01. The van der Waals surface area contributed by atoms with Gasteiger partial charge in [0.1, 0.15) is 5.75 Å². The lowest BCUT2D eigenvalue weighted by molar-refractivity contribution is 0.112. The molecule has 88 valence electrons. The van der Waals surface area contributed by atoms with Crippen LogP contribution < -0.4 is 4.74 Å². The van der Waals surface area contributed by atoms with Crippen molar-refractivity contribution in [2.75, 3.05) is 7.11 Å². The molecular weight excluding hydrogens is 226 g/mol. The Morgan fingerprint density at radius 3 is 2.33 bits per heavy atom. The summed E-state index contributed by atoms with van der Waals surface area (Å²) in [6, 6.07) is 12.7. The first-order valence-electron chi connectivity index (χ1n) is 5.39. The van der Waals surface area contributed by atoms with Crippen LogP contribution in [0.3, 0.4) is 0 Å². The zero-order chi connectivity index (χ0) is 13.0. The van der Waals surface area contributed by atoms with Gasteiger partial charge in [0.2, 0.25) is 0 Å². The maximum Gasteiger partial charge on any atom is 0.187 e. The second kappa shape index (κ2) is 5.15. The molecule has 0 atom stereocenters. The molecule has 0 aliphatic carbocycles. The fourth-order valence-electron chi connectivity index (χ4n) is 1.73. The van der Waals surface area contributed by atoms with Gasteiger partial charge in [-0.1, -0.05) is 30.3 Å². The van der Waals surface area contributed by atoms with Crippen molar-refractivity contribution in [2.24, 2.45) is 0 Å². The number of carbonyl (C=O) groups is 1. The molecule has 0 amide bonds. The Morgan fingerprint density at radius 2 is 1.78 bits per heavy atom. The van der Waals surface area contributed by atoms with E-state index in [1.165, 1.54) is 7.11 Å². The summed E-state index contributed by atoms with van der Waals surface area (Å²) in [6.45, 7) is 6.90. The van der Waals surface area contributed by atoms with Gasteiger partial charge < -0.3 is 4.74 Å². The summed E-state index contributed by atoms with van der Waals surface area (Å²) >= 11 is 0. The van der Waals surface area contributed by atoms with Gasteiger partial charge in [0.25, 0.3) is 0 Å². The van der Waals surface area contributed by atoms with Gasteiger partial charge in [-0.05, 0) is 23.3 Å². The Morgan fingerprint density at radius 1 is 1.11 bits per heavy atom. The van der Waals surface area contributed by atoms with Gasteiger partial charge in [-0.2, -0.15) is 0 Å². The highest BCUT2D eigenvalue weighted by molar-refractivity contribution is 5.83. The van der Waals surface area contributed by atoms with Gasteiger partial charge in [-0.15, -0.1) is 0 Å². The molecular formula is C15H11NO2. The summed E-state index contributed by atoms with van der Waals surface area (Å²) in [7, 11) is 1.53. The van der Waals surface area contributed by atoms with Gasteiger partial charge in [0.15, 0.2) is 12.0 Å². The van der Waals surface area contributed by atoms with Gasteiger partial charge in [0, 0.05) is 0 Å². The molecule has 18 heavy (non-hydrogen) atoms. The van der Waals surface area contributed by atoms with Crippen LogP contribution in [-0.2, 0) is 0 Å². The van der Waals surface area contributed by atoms with E-state index in [1.807, 2.05) is 18.2 Å². The molecule has 3 heteroatoms. The number of benzene rings is 2. The van der Waals surface area contributed by atoms with Crippen LogP contribution in [0, 0.1) is 6.57 Å². The molecule has 0 bridgehead atoms. The van der Waals surface area contributed by atoms with E-state index in [-0.39, 0.29) is 0 Å². The Hall–Kier alpha value is -2.60. The molecule has 0 aliphatic heterocycles. The van der Waals surface area contributed by atoms with E-state index < -0.39 is 0 Å². The highest BCUT2D eigenvalue weighted by Crippen LogP contribution is 2.27. The molecule has 0 radical (unpaired) electrons. The van der Waals surface area contributed by atoms with Gasteiger partial charge in [-0.3, -0.25) is 4.79 Å². The van der Waals surface area contributed by atoms with E-state index >= 15 is 0 Å². The Kier molecular flexibility index (Phi) is 3.40. The minimum absolute atomic E-state index is 0.518. The van der Waals surface area contributed by atoms with Crippen molar-refractivity contribution >= 4 is 12.0 Å². The van der Waals surface area contributed by atoms with E-state index in [0.717, 1.165) is 17.4 Å². The number of aldehydes is 1. The lowest BCUT2D eigenvalue weighted by atomic mass is 10.0. The average Bonchev–Trinajstić information content (AvgIpc) is 2.46. The van der Waals surface area contributed by atoms with Crippen molar-refractivity contribution in [2.45, 2.75) is 0 Å². The number of hydrogen-bond donors (Lipinski definition) is 0. The normalized spacial score (nSPS) is 9.56. The van der Waals surface area contributed by atoms with Gasteiger partial charge >= 0.3 is 0 Å². The predicted molar refractivity (Wildman–Crippen MR) is 70.1 cm³/mol. The minimum Gasteiger partial charge on any atom is -0.496 e. The zero-order valence-electron chi connectivity index (χ0n) is 9.88. The van der Waals surface area contributed by atoms with Crippen molar-refractivity contribution in [3.63, 3.8) is 0 Å². The first-order valence-corrected chi connectivity index (χ1v) is 5.39. The SMILES string of the molecule is [C-]#[N+]c1ccc(-c2ccc(OC)c(C=O)c2)cc1. The van der Waals surface area contributed by atoms with Gasteiger partial charge in [0.05, 0.1) is 19.2 Å². The predicted octanol–water partition coefficient (Wildman–Crippen LogP) is 3.73. The van der Waals surface area contributed by atoms with E-state index in [2.05, 4.69) is 4.85 Å². The Labute approximate surface area is 105 Å². The van der Waals surface area contributed by atoms with Crippen LogP contribution in [-0.4, -0.2) is 13.4 Å². The van der Waals surface area contributed by atoms with Crippen molar-refractivity contribution in [3.8, 4) is 16.9 Å². The third-order valence-corrected chi connectivity index (χ3v) is 2.69. The molecule has 3 nitrogen and oxygen atoms in total. The lowest BCUT2D eigenvalue weighted by Gasteiger charge is -2.07. The van der Waals surface area contributed by atoms with Crippen molar-refractivity contribution < 1.29 is 9.53 Å². The second-order valence-corrected chi connectivity index (χ2v) is 3.73. The summed E-state index contributed by atoms with van der Waals surface area (Å²) < 4.78 is 5.09. The summed E-state index contributed by atoms with van der Waals surface area (Å²) in [5, 5.41) is 0. The smallest absolute Gasteiger partial charge is 0.187 e. The molecule has 2 aromatic carbocycles. The fourth-order valence-corrected chi connectivity index (χ4v) is 1.73. The Balaban J connectivity index is 2.44. The van der Waals surface area contributed by atoms with Crippen LogP contribution in [0.25, 0.3) is 16.0 Å². The zero-order valence-corrected chi connectivity index (χ0v) is 9.88. The van der Waals surface area contributed by atoms with Crippen LogP contribution >= 0.6 is 0 Å². The second-order valence-electron chi connectivity index (χ2n) is 3.73. The van der Waals surface area contributed by atoms with Crippen LogP contribution in [0.15, 0.2) is 42.5 Å². The molecule has 0 heterocycles. The van der Waals surface area contributed by atoms with E-state index in [0.29, 0.717) is 17.0 Å². The molecule has 0 saturated carbocycles. The number of methoxy groups -OCH3 is 1. The summed E-state index contributed by atoms with van der Waals surface area (Å²) in [4.78, 5) is 14.3. The molecule has 0 N–H and O–H groups in total. The molecule has 0 spiro atoms. The topological polar surface area (TPSA) is 30.7 Å². The van der Waals surface area contributed by atoms with Crippen molar-refractivity contribution in [1.29, 1.82) is 0 Å². The number of ether oxygens (including phenoxy) is 1. The molecule has 0 saturated heterocycles. The maximum absolute atomic E-state index is 11.0. The van der Waals surface area contributed by atoms with Crippen molar-refractivity contribution in [3.05, 3.63) is 59.4 Å². The third-order valence-electron chi connectivity index (χ3n) is 2.69. The van der Waals surface area contributed by atoms with Gasteiger partial charge in [-0.25, -0.2) is 4.85 Å². The first-order chi connectivity index (χ1) is 8.78. The highest BCUT2D eigenvalue weighted by Gasteiger charge is 2.05. The number of carbonyl (C=O) groups excluding carboxylic acids is 1. The molecule has 0 aromatic heterocycles. The maximum atomic E-state index is 11.0. The number of rotatable bonds is 3. The molecule has 0 unspecified atom stereocenters. The summed E-state index contributed by atoms with van der Waals surface area (Å²) in [5.74, 6) is 0.562. The van der Waals surface area contributed by atoms with Crippen LogP contribution in [0.2, 0.25) is 0 Å². The van der Waals surface area contributed by atoms with Crippen LogP contribution in [0.1, 0.15) is 10.4 Å². The van der Waals surface area contributed by atoms with Crippen LogP contribution in [0.5, 0.6) is 5.75 Å². The van der Waals surface area contributed by atoms with E-state index in [4.69, 9.17) is 11.3 Å². The monoisotopic (exact) mass is 237 g/mol. The van der Waals surface area contributed by atoms with Crippen LogP contribution in [0.4, 0.5) is 5.69 Å².